The molecular formula is C40H37NO6. The van der Waals surface area contributed by atoms with Crippen LogP contribution < -0.4 is 19.1 Å². The molecule has 5 aromatic carbocycles. The van der Waals surface area contributed by atoms with Crippen molar-refractivity contribution in [1.29, 1.82) is 0 Å². The van der Waals surface area contributed by atoms with Gasteiger partial charge in [-0.05, 0) is 41.3 Å². The largest absolute Gasteiger partial charge is 0.488 e. The van der Waals surface area contributed by atoms with Crippen molar-refractivity contribution in [2.45, 2.75) is 37.7 Å². The van der Waals surface area contributed by atoms with E-state index in [2.05, 4.69) is 0 Å². The average Bonchev–Trinajstić information content (AvgIpc) is 3.36. The molecule has 1 N–H and O–H groups in total. The van der Waals surface area contributed by atoms with Crippen LogP contribution in [0.1, 0.15) is 47.2 Å². The topological polar surface area (TPSA) is 77.5 Å². The van der Waals surface area contributed by atoms with Crippen LogP contribution in [0.25, 0.3) is 0 Å². The SMILES string of the molecule is CCOC(O)CC1(c2cc3c(cc2OCc2ccccc2)OCCO3)C(=O)N(C(c2ccccc2)c2ccccc2)c2ccccc21. The molecule has 0 saturated heterocycles. The van der Waals surface area contributed by atoms with Gasteiger partial charge in [0.05, 0.1) is 6.04 Å². The molecule has 2 aliphatic rings. The van der Waals surface area contributed by atoms with Crippen molar-refractivity contribution in [2.75, 3.05) is 24.7 Å². The Morgan fingerprint density at radius 2 is 1.34 bits per heavy atom. The monoisotopic (exact) mass is 627 g/mol. The van der Waals surface area contributed by atoms with Gasteiger partial charge in [0.1, 0.15) is 31.0 Å². The molecule has 47 heavy (non-hydrogen) atoms. The smallest absolute Gasteiger partial charge is 0.243 e. The van der Waals surface area contributed by atoms with E-state index in [0.717, 1.165) is 27.9 Å². The highest BCUT2D eigenvalue weighted by molar-refractivity contribution is 6.12. The minimum atomic E-state index is -1.39. The number of hydrogen-bond donors (Lipinski definition) is 1. The number of rotatable bonds is 11. The maximum atomic E-state index is 15.6. The number of fused-ring (bicyclic) bond motifs is 2. The van der Waals surface area contributed by atoms with E-state index < -0.39 is 17.7 Å². The van der Waals surface area contributed by atoms with Gasteiger partial charge in [0, 0.05) is 30.3 Å². The lowest BCUT2D eigenvalue weighted by atomic mass is 9.72. The summed E-state index contributed by atoms with van der Waals surface area (Å²) in [5.41, 5.74) is 3.59. The Bertz CT molecular complexity index is 1790. The first-order valence-corrected chi connectivity index (χ1v) is 16.0. The molecule has 0 aliphatic carbocycles. The maximum absolute atomic E-state index is 15.6. The van der Waals surface area contributed by atoms with Crippen LogP contribution in [-0.4, -0.2) is 37.1 Å². The lowest BCUT2D eigenvalue weighted by molar-refractivity contribution is -0.132. The molecular weight excluding hydrogens is 590 g/mol. The zero-order valence-electron chi connectivity index (χ0n) is 26.3. The third kappa shape index (κ3) is 5.73. The molecule has 7 heteroatoms. The van der Waals surface area contributed by atoms with Gasteiger partial charge in [0.15, 0.2) is 17.8 Å². The Morgan fingerprint density at radius 1 is 0.766 bits per heavy atom. The molecule has 2 aliphatic heterocycles. The van der Waals surface area contributed by atoms with E-state index >= 15 is 4.79 Å². The van der Waals surface area contributed by atoms with Gasteiger partial charge in [-0.15, -0.1) is 0 Å². The van der Waals surface area contributed by atoms with Crippen molar-refractivity contribution in [3.05, 3.63) is 155 Å². The zero-order chi connectivity index (χ0) is 32.2. The van der Waals surface area contributed by atoms with Crippen LogP contribution in [0.5, 0.6) is 17.2 Å². The first-order chi connectivity index (χ1) is 23.1. The molecule has 0 spiro atoms. The lowest BCUT2D eigenvalue weighted by Gasteiger charge is -2.35. The van der Waals surface area contributed by atoms with Gasteiger partial charge in [0.2, 0.25) is 5.91 Å². The van der Waals surface area contributed by atoms with Crippen LogP contribution in [-0.2, 0) is 21.6 Å². The van der Waals surface area contributed by atoms with Crippen molar-refractivity contribution in [3.63, 3.8) is 0 Å². The number of aliphatic hydroxyl groups is 1. The number of amides is 1. The van der Waals surface area contributed by atoms with Crippen LogP contribution in [0.4, 0.5) is 5.69 Å². The predicted octanol–water partition coefficient (Wildman–Crippen LogP) is 7.20. The Kier molecular flexibility index (Phi) is 8.66. The van der Waals surface area contributed by atoms with Gasteiger partial charge in [-0.25, -0.2) is 0 Å². The van der Waals surface area contributed by atoms with E-state index in [9.17, 15) is 5.11 Å². The Morgan fingerprint density at radius 3 is 1.98 bits per heavy atom. The predicted molar refractivity (Wildman–Crippen MR) is 180 cm³/mol. The summed E-state index contributed by atoms with van der Waals surface area (Å²) in [6, 6.07) is 41.0. The summed E-state index contributed by atoms with van der Waals surface area (Å²) in [6.07, 6.45) is -1.27. The molecule has 0 radical (unpaired) electrons. The van der Waals surface area contributed by atoms with Crippen molar-refractivity contribution in [1.82, 2.24) is 0 Å². The summed E-state index contributed by atoms with van der Waals surface area (Å²) in [5, 5.41) is 11.4. The van der Waals surface area contributed by atoms with E-state index in [1.807, 2.05) is 139 Å². The van der Waals surface area contributed by atoms with Gasteiger partial charge in [-0.3, -0.25) is 9.69 Å². The van der Waals surface area contributed by atoms with Crippen LogP contribution in [0.2, 0.25) is 0 Å². The number of hydrogen-bond acceptors (Lipinski definition) is 6. The second-order valence-electron chi connectivity index (χ2n) is 11.7. The molecule has 5 aromatic rings. The van der Waals surface area contributed by atoms with Crippen molar-refractivity contribution in [2.24, 2.45) is 0 Å². The molecule has 0 fully saturated rings. The molecule has 1 amide bonds. The number of carbonyl (C=O) groups is 1. The first kappa shape index (κ1) is 30.5. The van der Waals surface area contributed by atoms with Crippen LogP contribution in [0, 0.1) is 0 Å². The molecule has 238 valence electrons. The number of aliphatic hydroxyl groups excluding tert-OH is 1. The number of para-hydroxylation sites is 1. The molecule has 2 atom stereocenters. The molecule has 0 saturated carbocycles. The normalized spacial score (nSPS) is 17.4. The molecule has 0 aromatic heterocycles. The van der Waals surface area contributed by atoms with E-state index in [1.165, 1.54) is 0 Å². The third-order valence-corrected chi connectivity index (χ3v) is 8.88. The highest BCUT2D eigenvalue weighted by Crippen LogP contribution is 2.56. The summed E-state index contributed by atoms with van der Waals surface area (Å²) < 4.78 is 24.4. The fourth-order valence-electron chi connectivity index (χ4n) is 6.83. The Hall–Kier alpha value is -5.11. The van der Waals surface area contributed by atoms with Gasteiger partial charge in [-0.2, -0.15) is 0 Å². The first-order valence-electron chi connectivity index (χ1n) is 16.0. The molecule has 2 heterocycles. The second-order valence-corrected chi connectivity index (χ2v) is 11.7. The number of nitrogens with zero attached hydrogens (tertiary/aromatic N) is 1. The van der Waals surface area contributed by atoms with Crippen LogP contribution in [0.3, 0.4) is 0 Å². The molecule has 7 nitrogen and oxygen atoms in total. The van der Waals surface area contributed by atoms with Crippen molar-refractivity contribution >= 4 is 11.6 Å². The fourth-order valence-corrected chi connectivity index (χ4v) is 6.83. The van der Waals surface area contributed by atoms with Crippen molar-refractivity contribution in [3.8, 4) is 17.2 Å². The second kappa shape index (κ2) is 13.3. The Labute approximate surface area is 274 Å². The number of carbonyl (C=O) groups excluding carboxylic acids is 1. The summed E-state index contributed by atoms with van der Waals surface area (Å²) in [6.45, 7) is 3.17. The minimum absolute atomic E-state index is 0.0369. The number of ether oxygens (including phenoxy) is 4. The van der Waals surface area contributed by atoms with Crippen molar-refractivity contribution < 1.29 is 28.8 Å². The lowest BCUT2D eigenvalue weighted by Crippen LogP contribution is -2.45. The fraction of sp³-hybridized carbons (Fsp3) is 0.225. The standard InChI is InChI=1S/C40H37NO6/c1-2-44-37(42)26-40(32-24-35-36(46-23-22-45-35)25-34(32)47-27-28-14-6-3-7-15-28)31-20-12-13-21-33(31)41(39(40)43)38(29-16-8-4-9-17-29)30-18-10-5-11-19-30/h3-21,24-25,37-38,42H,2,22-23,26-27H2,1H3. The maximum Gasteiger partial charge on any atom is 0.243 e. The van der Waals surface area contributed by atoms with Gasteiger partial charge < -0.3 is 24.1 Å². The van der Waals surface area contributed by atoms with Gasteiger partial charge in [-0.1, -0.05) is 109 Å². The van der Waals surface area contributed by atoms with Crippen LogP contribution in [0.15, 0.2) is 127 Å². The summed E-state index contributed by atoms with van der Waals surface area (Å²) in [4.78, 5) is 17.5. The molecule has 0 bridgehead atoms. The highest BCUT2D eigenvalue weighted by atomic mass is 16.6. The van der Waals surface area contributed by atoms with Crippen LogP contribution >= 0.6 is 0 Å². The van der Waals surface area contributed by atoms with E-state index in [0.29, 0.717) is 36.0 Å². The minimum Gasteiger partial charge on any atom is -0.488 e. The zero-order valence-corrected chi connectivity index (χ0v) is 26.3. The van der Waals surface area contributed by atoms with E-state index in [4.69, 9.17) is 18.9 Å². The molecule has 7 rings (SSSR count). The van der Waals surface area contributed by atoms with E-state index in [-0.39, 0.29) is 25.5 Å². The van der Waals surface area contributed by atoms with Gasteiger partial charge in [0.25, 0.3) is 0 Å². The summed E-state index contributed by atoms with van der Waals surface area (Å²) in [7, 11) is 0. The highest BCUT2D eigenvalue weighted by Gasteiger charge is 2.56. The van der Waals surface area contributed by atoms with E-state index in [1.54, 1.807) is 0 Å². The quantitative estimate of drug-likeness (QED) is 0.156. The number of benzene rings is 5. The molecule has 2 unspecified atom stereocenters. The third-order valence-electron chi connectivity index (χ3n) is 8.88. The summed E-state index contributed by atoms with van der Waals surface area (Å²) >= 11 is 0. The average molecular weight is 628 g/mol. The summed E-state index contributed by atoms with van der Waals surface area (Å²) in [5.74, 6) is 1.35. The van der Waals surface area contributed by atoms with Gasteiger partial charge >= 0.3 is 0 Å². The Balaban J connectivity index is 1.46. The number of anilines is 1.